The lowest BCUT2D eigenvalue weighted by Crippen LogP contribution is -2.37. The fourth-order valence-electron chi connectivity index (χ4n) is 12.0. The summed E-state index contributed by atoms with van der Waals surface area (Å²) < 4.78 is 34.4. The Kier molecular flexibility index (Phi) is 75.2. The minimum atomic E-state index is -4.65. The molecular formula is C88H158NO8P. The van der Waals surface area contributed by atoms with E-state index >= 15 is 0 Å². The highest BCUT2D eigenvalue weighted by atomic mass is 31.2. The van der Waals surface area contributed by atoms with Gasteiger partial charge in [-0.05, 0) is 83.5 Å². The number of ether oxygens (including phenoxy) is 2. The average molecular weight is 1390 g/mol. The van der Waals surface area contributed by atoms with E-state index in [-0.39, 0.29) is 32.0 Å². The molecule has 0 aliphatic rings. The van der Waals surface area contributed by atoms with Crippen molar-refractivity contribution >= 4 is 19.8 Å². The average Bonchev–Trinajstić information content (AvgIpc) is 1.08. The van der Waals surface area contributed by atoms with E-state index in [2.05, 4.69) is 123 Å². The fraction of sp³-hybridized carbons (Fsp3) is 0.773. The largest absolute Gasteiger partial charge is 0.756 e. The van der Waals surface area contributed by atoms with Crippen LogP contribution in [0.3, 0.4) is 0 Å². The monoisotopic (exact) mass is 1390 g/mol. The van der Waals surface area contributed by atoms with Gasteiger partial charge in [0.2, 0.25) is 0 Å². The fourth-order valence-corrected chi connectivity index (χ4v) is 12.7. The van der Waals surface area contributed by atoms with Crippen molar-refractivity contribution in [3.05, 3.63) is 109 Å². The number of nitrogens with zero attached hydrogens (tertiary/aromatic N) is 1. The van der Waals surface area contributed by atoms with Gasteiger partial charge in [0, 0.05) is 12.8 Å². The van der Waals surface area contributed by atoms with Crippen LogP contribution in [0.4, 0.5) is 0 Å². The molecule has 2 atom stereocenters. The third-order valence-electron chi connectivity index (χ3n) is 18.3. The number of carbonyl (C=O) groups excluding carboxylic acids is 2. The van der Waals surface area contributed by atoms with Gasteiger partial charge < -0.3 is 27.9 Å². The predicted octanol–water partition coefficient (Wildman–Crippen LogP) is 27.3. The molecule has 98 heavy (non-hydrogen) atoms. The first-order chi connectivity index (χ1) is 48.0. The molecule has 0 radical (unpaired) electrons. The highest BCUT2D eigenvalue weighted by Crippen LogP contribution is 2.38. The van der Waals surface area contributed by atoms with Gasteiger partial charge in [-0.2, -0.15) is 0 Å². The molecule has 2 unspecified atom stereocenters. The van der Waals surface area contributed by atoms with E-state index in [0.29, 0.717) is 17.4 Å². The van der Waals surface area contributed by atoms with E-state index < -0.39 is 26.5 Å². The standard InChI is InChI=1S/C88H158NO8P/c1-6-8-10-12-14-16-18-20-22-24-26-28-30-32-34-36-38-40-42-44-46-48-50-52-54-56-58-60-62-64-66-68-70-72-74-76-78-80-87(90)94-84-86(85-96-98(92,93)95-83-82-89(3,4)5)97-88(91)81-79-77-75-73-71-69-67-65-63-61-59-57-55-53-51-49-47-45-43-41-39-37-35-33-31-29-27-25-23-21-19-17-15-13-11-9-7-2/h9,11,15,17,21,23,27,29,33,35,39,41,45,47,51,53,57,59,86H,6-8,10,12-14,16,18-20,22,24-26,28,30-32,34,36-38,40,42-44,46,48-50,52,54-56,58,60-85H2,1-5H3/b11-9-,17-15-,23-21-,29-27-,35-33-,41-39-,47-45-,53-51-,59-57-. The zero-order valence-electron chi connectivity index (χ0n) is 65.0. The Balaban J connectivity index is 3.97. The van der Waals surface area contributed by atoms with Gasteiger partial charge >= 0.3 is 11.9 Å². The van der Waals surface area contributed by atoms with Gasteiger partial charge in [0.1, 0.15) is 19.8 Å². The number of rotatable bonds is 77. The van der Waals surface area contributed by atoms with Crippen LogP contribution in [0.15, 0.2) is 109 Å². The molecule has 0 aliphatic heterocycles. The highest BCUT2D eigenvalue weighted by Gasteiger charge is 2.22. The first-order valence-corrected chi connectivity index (χ1v) is 43.1. The SMILES string of the molecule is CC/C=C\C/C=C\C/C=C\C/C=C\C/C=C\C/C=C\C/C=C\C/C=C\C/C=C\CCCCCCCCCCCC(=O)OC(COC(=O)CCCCCCCCCCCCCCCCCCCCCCCCCCCCCCCCCCCCCCC)COP(=O)([O-])OCC[N+](C)(C)C. The molecule has 0 spiro atoms. The maximum absolute atomic E-state index is 12.9. The Morgan fingerprint density at radius 3 is 0.867 bits per heavy atom. The summed E-state index contributed by atoms with van der Waals surface area (Å²) in [5.41, 5.74) is 0. The summed E-state index contributed by atoms with van der Waals surface area (Å²) in [6.07, 6.45) is 111. The second kappa shape index (κ2) is 77.8. The third-order valence-corrected chi connectivity index (χ3v) is 19.3. The molecular weight excluding hydrogens is 1230 g/mol. The number of phosphoric acid groups is 1. The number of hydrogen-bond acceptors (Lipinski definition) is 8. The summed E-state index contributed by atoms with van der Waals surface area (Å²) in [5, 5.41) is 0. The van der Waals surface area contributed by atoms with Crippen LogP contribution in [0.2, 0.25) is 0 Å². The van der Waals surface area contributed by atoms with Gasteiger partial charge in [0.25, 0.3) is 7.82 Å². The first-order valence-electron chi connectivity index (χ1n) is 41.6. The van der Waals surface area contributed by atoms with Gasteiger partial charge in [0.15, 0.2) is 6.10 Å². The van der Waals surface area contributed by atoms with Crippen LogP contribution in [0.1, 0.15) is 386 Å². The summed E-state index contributed by atoms with van der Waals surface area (Å²) in [7, 11) is 1.17. The quantitative estimate of drug-likeness (QED) is 0.0195. The van der Waals surface area contributed by atoms with Crippen LogP contribution in [0.5, 0.6) is 0 Å². The molecule has 568 valence electrons. The van der Waals surface area contributed by atoms with E-state index in [1.54, 1.807) is 0 Å². The van der Waals surface area contributed by atoms with Gasteiger partial charge in [-0.1, -0.05) is 399 Å². The molecule has 0 aromatic rings. The summed E-state index contributed by atoms with van der Waals surface area (Å²) in [4.78, 5) is 38.2. The minimum Gasteiger partial charge on any atom is -0.756 e. The van der Waals surface area contributed by atoms with Gasteiger partial charge in [-0.25, -0.2) is 0 Å². The maximum Gasteiger partial charge on any atom is 0.306 e. The normalized spacial score (nSPS) is 13.6. The highest BCUT2D eigenvalue weighted by molar-refractivity contribution is 7.45. The van der Waals surface area contributed by atoms with Crippen LogP contribution in [-0.4, -0.2) is 70.0 Å². The molecule has 0 bridgehead atoms. The van der Waals surface area contributed by atoms with E-state index in [9.17, 15) is 19.0 Å². The van der Waals surface area contributed by atoms with Crippen LogP contribution in [0.25, 0.3) is 0 Å². The van der Waals surface area contributed by atoms with Crippen molar-refractivity contribution in [3.8, 4) is 0 Å². The molecule has 9 nitrogen and oxygen atoms in total. The summed E-state index contributed by atoms with van der Waals surface area (Å²) in [6.45, 7) is 4.17. The molecule has 0 aromatic heterocycles. The zero-order chi connectivity index (χ0) is 71.1. The maximum atomic E-state index is 12.9. The van der Waals surface area contributed by atoms with Crippen LogP contribution < -0.4 is 4.89 Å². The number of phosphoric ester groups is 1. The molecule has 0 aromatic carbocycles. The molecule has 0 fully saturated rings. The van der Waals surface area contributed by atoms with E-state index in [4.69, 9.17) is 18.5 Å². The smallest absolute Gasteiger partial charge is 0.306 e. The molecule has 0 saturated carbocycles. The topological polar surface area (TPSA) is 111 Å². The zero-order valence-corrected chi connectivity index (χ0v) is 65.9. The van der Waals surface area contributed by atoms with Gasteiger partial charge in [-0.3, -0.25) is 14.2 Å². The van der Waals surface area contributed by atoms with Crippen molar-refractivity contribution in [2.45, 2.75) is 392 Å². The number of unbranched alkanes of at least 4 members (excludes halogenated alkanes) is 45. The van der Waals surface area contributed by atoms with Crippen LogP contribution in [-0.2, 0) is 32.7 Å². The lowest BCUT2D eigenvalue weighted by molar-refractivity contribution is -0.870. The molecule has 10 heteroatoms. The Morgan fingerprint density at radius 2 is 0.582 bits per heavy atom. The number of esters is 2. The number of quaternary nitrogens is 1. The Hall–Kier alpha value is -3.33. The molecule has 0 rings (SSSR count). The number of carbonyl (C=O) groups is 2. The summed E-state index contributed by atoms with van der Waals surface area (Å²) >= 11 is 0. The first kappa shape index (κ1) is 94.7. The molecule has 0 aliphatic carbocycles. The third kappa shape index (κ3) is 81.6. The van der Waals surface area contributed by atoms with Crippen molar-refractivity contribution in [2.24, 2.45) is 0 Å². The van der Waals surface area contributed by atoms with Gasteiger partial charge in [0.05, 0.1) is 27.7 Å². The van der Waals surface area contributed by atoms with Crippen molar-refractivity contribution < 1.29 is 42.1 Å². The number of likely N-dealkylation sites (N-methyl/N-ethyl adjacent to an activating group) is 1. The second-order valence-corrected chi connectivity index (χ2v) is 30.5. The van der Waals surface area contributed by atoms with E-state index in [0.717, 1.165) is 103 Å². The van der Waals surface area contributed by atoms with Crippen LogP contribution >= 0.6 is 7.82 Å². The second-order valence-electron chi connectivity index (χ2n) is 29.1. The number of hydrogen-bond donors (Lipinski definition) is 0. The lowest BCUT2D eigenvalue weighted by atomic mass is 10.0. The molecule has 0 amide bonds. The van der Waals surface area contributed by atoms with Gasteiger partial charge in [-0.15, -0.1) is 0 Å². The van der Waals surface area contributed by atoms with Crippen molar-refractivity contribution in [1.29, 1.82) is 0 Å². The van der Waals surface area contributed by atoms with Crippen LogP contribution in [0, 0.1) is 0 Å². The Morgan fingerprint density at radius 1 is 0.327 bits per heavy atom. The van der Waals surface area contributed by atoms with E-state index in [1.165, 1.54) is 250 Å². The van der Waals surface area contributed by atoms with Crippen molar-refractivity contribution in [3.63, 3.8) is 0 Å². The predicted molar refractivity (Wildman–Crippen MR) is 425 cm³/mol. The van der Waals surface area contributed by atoms with Crippen molar-refractivity contribution in [1.82, 2.24) is 0 Å². The summed E-state index contributed by atoms with van der Waals surface area (Å²) in [5.74, 6) is -0.829. The number of allylic oxidation sites excluding steroid dienone is 18. The minimum absolute atomic E-state index is 0.0348. The lowest BCUT2D eigenvalue weighted by Gasteiger charge is -2.28. The molecule has 0 saturated heterocycles. The Bertz CT molecular complexity index is 2030. The van der Waals surface area contributed by atoms with E-state index in [1.807, 2.05) is 21.1 Å². The molecule has 0 heterocycles. The molecule has 0 N–H and O–H groups in total. The summed E-state index contributed by atoms with van der Waals surface area (Å²) in [6, 6.07) is 0. The Labute approximate surface area is 607 Å². The van der Waals surface area contributed by atoms with Crippen molar-refractivity contribution in [2.75, 3.05) is 47.5 Å².